The highest BCUT2D eigenvalue weighted by molar-refractivity contribution is 6.03. The Morgan fingerprint density at radius 2 is 1.81 bits per heavy atom. The van der Waals surface area contributed by atoms with Gasteiger partial charge in [0, 0.05) is 37.9 Å². The number of piperazine rings is 1. The molecule has 0 saturated carbocycles. The Labute approximate surface area is 124 Å². The topological polar surface area (TPSA) is 73.7 Å². The van der Waals surface area contributed by atoms with Crippen molar-refractivity contribution >= 4 is 11.9 Å². The normalized spacial score (nSPS) is 16.8. The van der Waals surface area contributed by atoms with Crippen LogP contribution in [-0.4, -0.2) is 63.5 Å². The molecular weight excluding hydrogens is 270 g/mol. The number of rotatable bonds is 2. The van der Waals surface area contributed by atoms with Gasteiger partial charge in [0.1, 0.15) is 5.69 Å². The summed E-state index contributed by atoms with van der Waals surface area (Å²) < 4.78 is 0. The average molecular weight is 291 g/mol. The fourth-order valence-electron chi connectivity index (χ4n) is 2.48. The van der Waals surface area contributed by atoms with E-state index < -0.39 is 5.97 Å². The van der Waals surface area contributed by atoms with E-state index in [1.807, 2.05) is 0 Å². The van der Waals surface area contributed by atoms with Crippen molar-refractivity contribution in [2.24, 2.45) is 0 Å². The summed E-state index contributed by atoms with van der Waals surface area (Å²) in [5.41, 5.74) is 0.0572. The number of carboxylic acids is 1. The fourth-order valence-corrected chi connectivity index (χ4v) is 2.48. The summed E-state index contributed by atoms with van der Waals surface area (Å²) in [6, 6.07) is 2.94. The molecule has 1 amide bonds. The monoisotopic (exact) mass is 291 g/mol. The Morgan fingerprint density at radius 3 is 2.33 bits per heavy atom. The van der Waals surface area contributed by atoms with Crippen LogP contribution in [0.2, 0.25) is 0 Å². The first-order valence-corrected chi connectivity index (χ1v) is 7.03. The molecule has 0 bridgehead atoms. The van der Waals surface area contributed by atoms with Gasteiger partial charge in [0.15, 0.2) is 0 Å². The Morgan fingerprint density at radius 1 is 1.19 bits per heavy atom. The molecule has 6 nitrogen and oxygen atoms in total. The van der Waals surface area contributed by atoms with Crippen molar-refractivity contribution in [2.45, 2.75) is 26.3 Å². The SMILES string of the molecule is CC(C)(C)N1CCN(C(=O)c2ncccc2C(=O)O)CC1. The molecule has 1 fully saturated rings. The summed E-state index contributed by atoms with van der Waals surface area (Å²) >= 11 is 0. The van der Waals surface area contributed by atoms with Crippen LogP contribution >= 0.6 is 0 Å². The van der Waals surface area contributed by atoms with Crippen LogP contribution < -0.4 is 0 Å². The molecule has 1 aromatic rings. The van der Waals surface area contributed by atoms with Gasteiger partial charge < -0.3 is 10.0 Å². The third kappa shape index (κ3) is 3.39. The van der Waals surface area contributed by atoms with Gasteiger partial charge in [-0.25, -0.2) is 4.79 Å². The number of aromatic nitrogens is 1. The molecule has 2 rings (SSSR count). The van der Waals surface area contributed by atoms with Gasteiger partial charge in [0.2, 0.25) is 0 Å². The number of carbonyl (C=O) groups is 2. The van der Waals surface area contributed by atoms with E-state index in [0.29, 0.717) is 13.1 Å². The number of carboxylic acid groups (broad SMARTS) is 1. The largest absolute Gasteiger partial charge is 0.478 e. The lowest BCUT2D eigenvalue weighted by Crippen LogP contribution is -2.54. The van der Waals surface area contributed by atoms with Gasteiger partial charge in [-0.3, -0.25) is 14.7 Å². The zero-order valence-electron chi connectivity index (χ0n) is 12.7. The summed E-state index contributed by atoms with van der Waals surface area (Å²) in [4.78, 5) is 31.6. The molecule has 0 aromatic carbocycles. The highest BCUT2D eigenvalue weighted by atomic mass is 16.4. The summed E-state index contributed by atoms with van der Waals surface area (Å²) in [6.45, 7) is 9.18. The summed E-state index contributed by atoms with van der Waals surface area (Å²) in [7, 11) is 0. The molecule has 0 spiro atoms. The highest BCUT2D eigenvalue weighted by Crippen LogP contribution is 2.17. The molecule has 2 heterocycles. The first-order valence-electron chi connectivity index (χ1n) is 7.03. The van der Waals surface area contributed by atoms with Crippen molar-refractivity contribution in [3.8, 4) is 0 Å². The van der Waals surface area contributed by atoms with Crippen molar-refractivity contribution in [3.05, 3.63) is 29.6 Å². The van der Waals surface area contributed by atoms with E-state index in [1.165, 1.54) is 18.3 Å². The van der Waals surface area contributed by atoms with E-state index in [-0.39, 0.29) is 22.7 Å². The lowest BCUT2D eigenvalue weighted by atomic mass is 10.0. The lowest BCUT2D eigenvalue weighted by molar-refractivity contribution is 0.0442. The van der Waals surface area contributed by atoms with E-state index in [9.17, 15) is 9.59 Å². The molecule has 1 aromatic heterocycles. The number of carbonyl (C=O) groups excluding carboxylic acids is 1. The van der Waals surface area contributed by atoms with Gasteiger partial charge in [-0.1, -0.05) is 0 Å². The Bertz CT molecular complexity index is 543. The molecule has 0 radical (unpaired) electrons. The molecule has 21 heavy (non-hydrogen) atoms. The second-order valence-electron chi connectivity index (χ2n) is 6.15. The number of aromatic carboxylic acids is 1. The third-order valence-corrected chi connectivity index (χ3v) is 3.76. The average Bonchev–Trinajstić information content (AvgIpc) is 2.45. The van der Waals surface area contributed by atoms with Crippen LogP contribution in [0.15, 0.2) is 18.3 Å². The zero-order chi connectivity index (χ0) is 15.6. The highest BCUT2D eigenvalue weighted by Gasteiger charge is 2.30. The van der Waals surface area contributed by atoms with Crippen molar-refractivity contribution in [1.29, 1.82) is 0 Å². The molecule has 0 atom stereocenters. The lowest BCUT2D eigenvalue weighted by Gasteiger charge is -2.42. The van der Waals surface area contributed by atoms with Crippen molar-refractivity contribution < 1.29 is 14.7 Å². The fraction of sp³-hybridized carbons (Fsp3) is 0.533. The van der Waals surface area contributed by atoms with E-state index in [1.54, 1.807) is 4.90 Å². The first-order chi connectivity index (χ1) is 9.80. The zero-order valence-corrected chi connectivity index (χ0v) is 12.7. The summed E-state index contributed by atoms with van der Waals surface area (Å²) in [5.74, 6) is -1.43. The summed E-state index contributed by atoms with van der Waals surface area (Å²) in [6.07, 6.45) is 1.45. The van der Waals surface area contributed by atoms with Crippen LogP contribution in [0.25, 0.3) is 0 Å². The van der Waals surface area contributed by atoms with Gasteiger partial charge in [-0.2, -0.15) is 0 Å². The molecular formula is C15H21N3O3. The third-order valence-electron chi connectivity index (χ3n) is 3.76. The van der Waals surface area contributed by atoms with Crippen molar-refractivity contribution in [2.75, 3.05) is 26.2 Å². The molecule has 6 heteroatoms. The van der Waals surface area contributed by atoms with Crippen LogP contribution in [-0.2, 0) is 0 Å². The maximum atomic E-state index is 12.5. The maximum Gasteiger partial charge on any atom is 0.338 e. The number of nitrogens with zero attached hydrogens (tertiary/aromatic N) is 3. The number of hydrogen-bond donors (Lipinski definition) is 1. The van der Waals surface area contributed by atoms with Gasteiger partial charge in [0.05, 0.1) is 5.56 Å². The van der Waals surface area contributed by atoms with Crippen LogP contribution in [0.4, 0.5) is 0 Å². The molecule has 1 aliphatic rings. The van der Waals surface area contributed by atoms with Crippen molar-refractivity contribution in [1.82, 2.24) is 14.8 Å². The standard InChI is InChI=1S/C15H21N3O3/c1-15(2,3)18-9-7-17(8-10-18)13(19)12-11(14(20)21)5-4-6-16-12/h4-6H,7-10H2,1-3H3,(H,20,21). The quantitative estimate of drug-likeness (QED) is 0.890. The number of amides is 1. The van der Waals surface area contributed by atoms with E-state index in [4.69, 9.17) is 5.11 Å². The minimum Gasteiger partial charge on any atom is -0.478 e. The smallest absolute Gasteiger partial charge is 0.338 e. The molecule has 1 aliphatic heterocycles. The minimum absolute atomic E-state index is 0.0224. The molecule has 114 valence electrons. The van der Waals surface area contributed by atoms with Gasteiger partial charge in [-0.05, 0) is 32.9 Å². The van der Waals surface area contributed by atoms with Crippen molar-refractivity contribution in [3.63, 3.8) is 0 Å². The Balaban J connectivity index is 2.11. The Kier molecular flexibility index (Phi) is 4.27. The van der Waals surface area contributed by atoms with Gasteiger partial charge in [0.25, 0.3) is 5.91 Å². The maximum absolute atomic E-state index is 12.5. The van der Waals surface area contributed by atoms with Crippen LogP contribution in [0, 0.1) is 0 Å². The second kappa shape index (κ2) is 5.81. The van der Waals surface area contributed by atoms with E-state index in [0.717, 1.165) is 13.1 Å². The molecule has 0 aliphatic carbocycles. The predicted octanol–water partition coefficient (Wildman–Crippen LogP) is 1.34. The minimum atomic E-state index is -1.13. The number of pyridine rings is 1. The Hall–Kier alpha value is -1.95. The van der Waals surface area contributed by atoms with Crippen LogP contribution in [0.3, 0.4) is 0 Å². The molecule has 1 N–H and O–H groups in total. The van der Waals surface area contributed by atoms with Crippen LogP contribution in [0.5, 0.6) is 0 Å². The van der Waals surface area contributed by atoms with E-state index in [2.05, 4.69) is 30.7 Å². The van der Waals surface area contributed by atoms with Crippen LogP contribution in [0.1, 0.15) is 41.6 Å². The number of hydrogen-bond acceptors (Lipinski definition) is 4. The predicted molar refractivity (Wildman–Crippen MR) is 78.4 cm³/mol. The first kappa shape index (κ1) is 15.4. The second-order valence-corrected chi connectivity index (χ2v) is 6.15. The van der Waals surface area contributed by atoms with E-state index >= 15 is 0 Å². The summed E-state index contributed by atoms with van der Waals surface area (Å²) in [5, 5.41) is 9.14. The van der Waals surface area contributed by atoms with Gasteiger partial charge >= 0.3 is 5.97 Å². The molecule has 1 saturated heterocycles. The molecule has 0 unspecified atom stereocenters. The van der Waals surface area contributed by atoms with Gasteiger partial charge in [-0.15, -0.1) is 0 Å².